The molecule has 0 aromatic heterocycles. The molecule has 0 radical (unpaired) electrons. The van der Waals surface area contributed by atoms with Crippen molar-refractivity contribution in [1.29, 1.82) is 0 Å². The van der Waals surface area contributed by atoms with Crippen molar-refractivity contribution in [1.82, 2.24) is 0 Å². The summed E-state index contributed by atoms with van der Waals surface area (Å²) in [6, 6.07) is 3.34. The summed E-state index contributed by atoms with van der Waals surface area (Å²) in [6.07, 6.45) is 3.39. The average molecular weight is 218 g/mol. The Morgan fingerprint density at radius 3 is 2.69 bits per heavy atom. The first-order chi connectivity index (χ1) is 7.66. The van der Waals surface area contributed by atoms with Crippen molar-refractivity contribution in [3.8, 4) is 11.5 Å². The second-order valence-electron chi connectivity index (χ2n) is 4.71. The number of hydrogen-bond donors (Lipinski definition) is 1. The first-order valence-electron chi connectivity index (χ1n) is 5.71. The maximum Gasteiger partial charge on any atom is 0.308 e. The lowest BCUT2D eigenvalue weighted by Gasteiger charge is -2.19. The van der Waals surface area contributed by atoms with Gasteiger partial charge < -0.3 is 9.84 Å². The molecule has 0 saturated heterocycles. The highest BCUT2D eigenvalue weighted by Gasteiger charge is 2.41. The molecule has 3 rings (SSSR count). The van der Waals surface area contributed by atoms with Gasteiger partial charge in [0.05, 0.1) is 0 Å². The van der Waals surface area contributed by atoms with Crippen LogP contribution in [0.15, 0.2) is 12.1 Å². The zero-order chi connectivity index (χ0) is 11.3. The molecule has 1 N–H and O–H groups in total. The Hall–Kier alpha value is -1.51. The zero-order valence-electron chi connectivity index (χ0n) is 9.19. The van der Waals surface area contributed by atoms with E-state index in [0.717, 1.165) is 30.4 Å². The van der Waals surface area contributed by atoms with Gasteiger partial charge in [-0.3, -0.25) is 4.79 Å². The lowest BCUT2D eigenvalue weighted by molar-refractivity contribution is -0.131. The summed E-state index contributed by atoms with van der Waals surface area (Å²) in [5.74, 6) is 1.65. The molecule has 1 aromatic rings. The van der Waals surface area contributed by atoms with Crippen molar-refractivity contribution in [2.24, 2.45) is 0 Å². The number of rotatable bonds is 1. The van der Waals surface area contributed by atoms with Crippen molar-refractivity contribution < 1.29 is 14.6 Å². The zero-order valence-corrected chi connectivity index (χ0v) is 9.19. The Morgan fingerprint density at radius 2 is 2.00 bits per heavy atom. The summed E-state index contributed by atoms with van der Waals surface area (Å²) in [5, 5.41) is 9.87. The monoisotopic (exact) mass is 218 g/mol. The second kappa shape index (κ2) is 3.24. The van der Waals surface area contributed by atoms with Crippen LogP contribution < -0.4 is 4.74 Å². The summed E-state index contributed by atoms with van der Waals surface area (Å²) in [6.45, 7) is 1.41. The van der Waals surface area contributed by atoms with E-state index in [-0.39, 0.29) is 5.97 Å². The van der Waals surface area contributed by atoms with Gasteiger partial charge in [0.25, 0.3) is 0 Å². The van der Waals surface area contributed by atoms with Crippen molar-refractivity contribution in [2.75, 3.05) is 0 Å². The molecular weight excluding hydrogens is 204 g/mol. The topological polar surface area (TPSA) is 46.5 Å². The molecule has 2 unspecified atom stereocenters. The van der Waals surface area contributed by atoms with Crippen molar-refractivity contribution in [2.45, 2.75) is 38.0 Å². The third-order valence-electron chi connectivity index (χ3n) is 3.73. The van der Waals surface area contributed by atoms with Gasteiger partial charge in [-0.2, -0.15) is 0 Å². The number of aromatic hydroxyl groups is 1. The van der Waals surface area contributed by atoms with Gasteiger partial charge in [0, 0.05) is 18.1 Å². The fourth-order valence-electron chi connectivity index (χ4n) is 3.20. The van der Waals surface area contributed by atoms with E-state index >= 15 is 0 Å². The van der Waals surface area contributed by atoms with Gasteiger partial charge in [-0.25, -0.2) is 0 Å². The lowest BCUT2D eigenvalue weighted by atomic mass is 9.90. The van der Waals surface area contributed by atoms with Gasteiger partial charge in [-0.05, 0) is 43.2 Å². The van der Waals surface area contributed by atoms with E-state index < -0.39 is 0 Å². The molecule has 1 saturated carbocycles. The maximum absolute atomic E-state index is 11.0. The van der Waals surface area contributed by atoms with E-state index in [2.05, 4.69) is 0 Å². The van der Waals surface area contributed by atoms with Gasteiger partial charge in [0.1, 0.15) is 11.5 Å². The molecule has 2 aliphatic rings. The Morgan fingerprint density at radius 1 is 1.31 bits per heavy atom. The van der Waals surface area contributed by atoms with Crippen LogP contribution in [-0.4, -0.2) is 11.1 Å². The first-order valence-corrected chi connectivity index (χ1v) is 5.71. The summed E-state index contributed by atoms with van der Waals surface area (Å²) in [4.78, 5) is 11.0. The Balaban J connectivity index is 2.13. The number of carbonyl (C=O) groups is 1. The summed E-state index contributed by atoms with van der Waals surface area (Å²) in [7, 11) is 0. The van der Waals surface area contributed by atoms with Crippen molar-refractivity contribution in [3.05, 3.63) is 23.3 Å². The van der Waals surface area contributed by atoms with Crippen LogP contribution in [-0.2, 0) is 4.79 Å². The summed E-state index contributed by atoms with van der Waals surface area (Å²) < 4.78 is 5.21. The minimum Gasteiger partial charge on any atom is -0.508 e. The van der Waals surface area contributed by atoms with E-state index in [0.29, 0.717) is 23.3 Å². The SMILES string of the molecule is CC(=O)Oc1ccc(O)c2c1C1CCC2C1. The van der Waals surface area contributed by atoms with Gasteiger partial charge in [-0.1, -0.05) is 0 Å². The number of carbonyl (C=O) groups excluding carboxylic acids is 1. The first kappa shape index (κ1) is 9.70. The van der Waals surface area contributed by atoms with Crippen LogP contribution in [0.25, 0.3) is 0 Å². The molecule has 0 heterocycles. The number of fused-ring (bicyclic) bond motifs is 5. The number of phenolic OH excluding ortho intramolecular Hbond substituents is 1. The van der Waals surface area contributed by atoms with Gasteiger partial charge in [0.2, 0.25) is 0 Å². The number of ether oxygens (including phenoxy) is 1. The van der Waals surface area contributed by atoms with Crippen LogP contribution in [0, 0.1) is 0 Å². The normalized spacial score (nSPS) is 25.6. The highest BCUT2D eigenvalue weighted by atomic mass is 16.5. The second-order valence-corrected chi connectivity index (χ2v) is 4.71. The maximum atomic E-state index is 11.0. The van der Waals surface area contributed by atoms with Crippen LogP contribution in [0.2, 0.25) is 0 Å². The van der Waals surface area contributed by atoms with E-state index in [1.807, 2.05) is 0 Å². The predicted octanol–water partition coefficient (Wildman–Crippen LogP) is 2.68. The standard InChI is InChI=1S/C13H14O3/c1-7(14)16-11-5-4-10(15)12-8-2-3-9(6-8)13(11)12/h4-5,8-9,15H,2-3,6H2,1H3. The van der Waals surface area contributed by atoms with Crippen LogP contribution in [0.1, 0.15) is 49.1 Å². The predicted molar refractivity (Wildman–Crippen MR) is 58.7 cm³/mol. The van der Waals surface area contributed by atoms with E-state index in [1.54, 1.807) is 12.1 Å². The number of phenols is 1. The third kappa shape index (κ3) is 1.24. The van der Waals surface area contributed by atoms with Crippen molar-refractivity contribution >= 4 is 5.97 Å². The highest BCUT2D eigenvalue weighted by Crippen LogP contribution is 2.58. The van der Waals surface area contributed by atoms with Gasteiger partial charge >= 0.3 is 5.97 Å². The third-order valence-corrected chi connectivity index (χ3v) is 3.73. The van der Waals surface area contributed by atoms with Crippen LogP contribution in [0.3, 0.4) is 0 Å². The minimum atomic E-state index is -0.296. The minimum absolute atomic E-state index is 0.296. The number of hydrogen-bond acceptors (Lipinski definition) is 3. The average Bonchev–Trinajstić information content (AvgIpc) is 2.82. The summed E-state index contributed by atoms with van der Waals surface area (Å²) in [5.41, 5.74) is 2.10. The molecule has 0 spiro atoms. The fourth-order valence-corrected chi connectivity index (χ4v) is 3.20. The Bertz CT molecular complexity index is 464. The summed E-state index contributed by atoms with van der Waals surface area (Å²) >= 11 is 0. The van der Waals surface area contributed by atoms with E-state index in [4.69, 9.17) is 4.74 Å². The molecule has 0 aliphatic heterocycles. The van der Waals surface area contributed by atoms with Crippen LogP contribution in [0.4, 0.5) is 0 Å². The fraction of sp³-hybridized carbons (Fsp3) is 0.462. The highest BCUT2D eigenvalue weighted by molar-refractivity contribution is 5.71. The number of benzene rings is 1. The molecule has 1 fully saturated rings. The van der Waals surface area contributed by atoms with Gasteiger partial charge in [-0.15, -0.1) is 0 Å². The van der Waals surface area contributed by atoms with Crippen molar-refractivity contribution in [3.63, 3.8) is 0 Å². The molecule has 3 heteroatoms. The van der Waals surface area contributed by atoms with Crippen LogP contribution in [0.5, 0.6) is 11.5 Å². The van der Waals surface area contributed by atoms with Crippen LogP contribution >= 0.6 is 0 Å². The lowest BCUT2D eigenvalue weighted by Crippen LogP contribution is -2.07. The quantitative estimate of drug-likeness (QED) is 0.582. The molecular formula is C13H14O3. The van der Waals surface area contributed by atoms with Gasteiger partial charge in [0.15, 0.2) is 0 Å². The Kier molecular flexibility index (Phi) is 1.96. The van der Waals surface area contributed by atoms with E-state index in [9.17, 15) is 9.90 Å². The molecule has 0 amide bonds. The molecule has 84 valence electrons. The molecule has 1 aromatic carbocycles. The number of esters is 1. The smallest absolute Gasteiger partial charge is 0.308 e. The molecule has 2 aliphatic carbocycles. The van der Waals surface area contributed by atoms with E-state index in [1.165, 1.54) is 6.92 Å². The molecule has 2 bridgehead atoms. The molecule has 3 nitrogen and oxygen atoms in total. The largest absolute Gasteiger partial charge is 0.508 e. The molecule has 2 atom stereocenters. The Labute approximate surface area is 94.0 Å². The molecule has 16 heavy (non-hydrogen) atoms.